The van der Waals surface area contributed by atoms with Gasteiger partial charge in [0.1, 0.15) is 0 Å². The third-order valence-electron chi connectivity index (χ3n) is 2.47. The summed E-state index contributed by atoms with van der Waals surface area (Å²) in [6.07, 6.45) is 22.0. The van der Waals surface area contributed by atoms with Crippen LogP contribution in [0.1, 0.15) is 51.4 Å². The van der Waals surface area contributed by atoms with E-state index in [4.69, 9.17) is 0 Å². The highest BCUT2D eigenvalue weighted by Crippen LogP contribution is 2.10. The second kappa shape index (κ2) is 8.10. The second-order valence-electron chi connectivity index (χ2n) is 3.73. The highest BCUT2D eigenvalue weighted by Gasteiger charge is 1.91. The molecule has 0 heteroatoms. The Morgan fingerprint density at radius 2 is 1.31 bits per heavy atom. The maximum Gasteiger partial charge on any atom is -0.0316 e. The zero-order chi connectivity index (χ0) is 9.19. The first-order chi connectivity index (χ1) is 6.50. The van der Waals surface area contributed by atoms with Crippen LogP contribution in [0.3, 0.4) is 0 Å². The Bertz CT molecular complexity index is 135. The average Bonchev–Trinajstić information content (AvgIpc) is 2.18. The Hall–Kier alpha value is -0.520. The molecule has 0 aromatic carbocycles. The lowest BCUT2D eigenvalue weighted by molar-refractivity contribution is 0.613. The molecule has 0 saturated carbocycles. The van der Waals surface area contributed by atoms with Gasteiger partial charge in [0, 0.05) is 0 Å². The molecule has 1 aliphatic rings. The molecule has 0 aromatic heterocycles. The predicted molar refractivity (Wildman–Crippen MR) is 59.5 cm³/mol. The lowest BCUT2D eigenvalue weighted by Crippen LogP contribution is -1.80. The Morgan fingerprint density at radius 1 is 0.615 bits per heavy atom. The fourth-order valence-corrected chi connectivity index (χ4v) is 1.63. The molecule has 73 valence electrons. The van der Waals surface area contributed by atoms with Gasteiger partial charge in [0.05, 0.1) is 0 Å². The van der Waals surface area contributed by atoms with E-state index in [1.807, 2.05) is 0 Å². The highest BCUT2D eigenvalue weighted by molar-refractivity contribution is 5.03. The monoisotopic (exact) mass is 177 g/mol. The van der Waals surface area contributed by atoms with E-state index >= 15 is 0 Å². The molecule has 0 unspecified atom stereocenters. The van der Waals surface area contributed by atoms with Gasteiger partial charge in [-0.2, -0.15) is 0 Å². The number of hydrogen-bond donors (Lipinski definition) is 0. The van der Waals surface area contributed by atoms with Crippen molar-refractivity contribution in [1.82, 2.24) is 0 Å². The fourth-order valence-electron chi connectivity index (χ4n) is 1.63. The van der Waals surface area contributed by atoms with Crippen molar-refractivity contribution in [3.05, 3.63) is 30.7 Å². The predicted octanol–water partition coefficient (Wildman–Crippen LogP) is 4.44. The Morgan fingerprint density at radius 3 is 2.23 bits per heavy atom. The van der Waals surface area contributed by atoms with Crippen LogP contribution < -0.4 is 0 Å². The molecule has 0 atom stereocenters. The first-order valence-corrected chi connectivity index (χ1v) is 5.63. The van der Waals surface area contributed by atoms with Crippen LogP contribution in [-0.4, -0.2) is 0 Å². The van der Waals surface area contributed by atoms with E-state index in [-0.39, 0.29) is 0 Å². The summed E-state index contributed by atoms with van der Waals surface area (Å²) in [5.41, 5.74) is 0. The summed E-state index contributed by atoms with van der Waals surface area (Å²) in [6.45, 7) is 0. The molecule has 0 saturated heterocycles. The minimum atomic E-state index is 1.14. The molecular weight excluding hydrogens is 156 g/mol. The molecule has 13 heavy (non-hydrogen) atoms. The lowest BCUT2D eigenvalue weighted by atomic mass is 10.1. The van der Waals surface area contributed by atoms with Gasteiger partial charge in [0.15, 0.2) is 0 Å². The molecule has 0 amide bonds. The molecule has 0 aliphatic heterocycles. The van der Waals surface area contributed by atoms with Crippen LogP contribution in [0.25, 0.3) is 0 Å². The van der Waals surface area contributed by atoms with E-state index in [2.05, 4.69) is 30.7 Å². The summed E-state index contributed by atoms with van der Waals surface area (Å²) in [7, 11) is 0. The lowest BCUT2D eigenvalue weighted by Gasteiger charge is -1.99. The van der Waals surface area contributed by atoms with Crippen LogP contribution in [0, 0.1) is 6.42 Å². The molecule has 0 spiro atoms. The molecule has 1 radical (unpaired) electrons. The van der Waals surface area contributed by atoms with Crippen LogP contribution in [0.4, 0.5) is 0 Å². The summed E-state index contributed by atoms with van der Waals surface area (Å²) in [5.74, 6) is 0. The Labute approximate surface area is 82.7 Å². The fraction of sp³-hybridized carbons (Fsp3) is 0.615. The van der Waals surface area contributed by atoms with Gasteiger partial charge in [-0.05, 0) is 32.1 Å². The topological polar surface area (TPSA) is 0 Å². The maximum absolute atomic E-state index is 2.39. The summed E-state index contributed by atoms with van der Waals surface area (Å²) in [5, 5.41) is 0. The Kier molecular flexibility index (Phi) is 6.58. The van der Waals surface area contributed by atoms with Gasteiger partial charge in [-0.25, -0.2) is 0 Å². The molecule has 0 nitrogen and oxygen atoms in total. The van der Waals surface area contributed by atoms with E-state index < -0.39 is 0 Å². The van der Waals surface area contributed by atoms with Crippen molar-refractivity contribution in [2.75, 3.05) is 0 Å². The van der Waals surface area contributed by atoms with Gasteiger partial charge in [-0.3, -0.25) is 0 Å². The molecule has 0 aromatic rings. The minimum Gasteiger partial charge on any atom is -0.0845 e. The molecule has 1 rings (SSSR count). The Balaban J connectivity index is 2.18. The number of hydrogen-bond acceptors (Lipinski definition) is 0. The summed E-state index contributed by atoms with van der Waals surface area (Å²) in [4.78, 5) is 0. The molecule has 0 heterocycles. The van der Waals surface area contributed by atoms with E-state index in [0.29, 0.717) is 0 Å². The van der Waals surface area contributed by atoms with E-state index in [1.165, 1.54) is 44.9 Å². The van der Waals surface area contributed by atoms with Gasteiger partial charge in [-0.1, -0.05) is 50.0 Å². The van der Waals surface area contributed by atoms with E-state index in [9.17, 15) is 0 Å². The van der Waals surface area contributed by atoms with Crippen LogP contribution in [0.5, 0.6) is 0 Å². The van der Waals surface area contributed by atoms with Crippen LogP contribution >= 0.6 is 0 Å². The van der Waals surface area contributed by atoms with Crippen molar-refractivity contribution in [3.63, 3.8) is 0 Å². The summed E-state index contributed by atoms with van der Waals surface area (Å²) >= 11 is 0. The molecular formula is C13H21. The van der Waals surface area contributed by atoms with Gasteiger partial charge >= 0.3 is 0 Å². The number of rotatable bonds is 0. The molecule has 0 N–H and O–H groups in total. The first-order valence-electron chi connectivity index (χ1n) is 5.63. The van der Waals surface area contributed by atoms with Gasteiger partial charge in [0.25, 0.3) is 0 Å². The second-order valence-corrected chi connectivity index (χ2v) is 3.73. The van der Waals surface area contributed by atoms with Crippen molar-refractivity contribution in [2.24, 2.45) is 0 Å². The third-order valence-corrected chi connectivity index (χ3v) is 2.47. The average molecular weight is 177 g/mol. The molecule has 0 fully saturated rings. The van der Waals surface area contributed by atoms with Crippen LogP contribution in [0.2, 0.25) is 0 Å². The van der Waals surface area contributed by atoms with Crippen LogP contribution in [-0.2, 0) is 0 Å². The summed E-state index contributed by atoms with van der Waals surface area (Å²) < 4.78 is 0. The zero-order valence-electron chi connectivity index (χ0n) is 8.54. The van der Waals surface area contributed by atoms with E-state index in [1.54, 1.807) is 0 Å². The van der Waals surface area contributed by atoms with Gasteiger partial charge in [0.2, 0.25) is 0 Å². The van der Waals surface area contributed by atoms with E-state index in [0.717, 1.165) is 6.42 Å². The summed E-state index contributed by atoms with van der Waals surface area (Å²) in [6, 6.07) is 0. The van der Waals surface area contributed by atoms with Crippen LogP contribution in [0.15, 0.2) is 24.3 Å². The normalized spacial score (nSPS) is 26.5. The minimum absolute atomic E-state index is 1.14. The quantitative estimate of drug-likeness (QED) is 0.513. The van der Waals surface area contributed by atoms with Crippen molar-refractivity contribution >= 4 is 0 Å². The standard InChI is InChI=1S/C13H21/c1-2-4-6-8-10-12-13-11-9-7-5-3-1/h1-4,7H,5-6,8-13H2/b3-1-,4-2+. The van der Waals surface area contributed by atoms with Crippen molar-refractivity contribution in [3.8, 4) is 0 Å². The van der Waals surface area contributed by atoms with Gasteiger partial charge in [-0.15, -0.1) is 0 Å². The SMILES string of the molecule is [CH]1C/C=C\C=C\CCCCCCC1. The van der Waals surface area contributed by atoms with Crippen molar-refractivity contribution < 1.29 is 0 Å². The first kappa shape index (κ1) is 10.6. The largest absolute Gasteiger partial charge is 0.0845 e. The van der Waals surface area contributed by atoms with Crippen molar-refractivity contribution in [2.45, 2.75) is 51.4 Å². The third kappa shape index (κ3) is 6.62. The van der Waals surface area contributed by atoms with Gasteiger partial charge < -0.3 is 0 Å². The smallest absolute Gasteiger partial charge is 0.0316 e. The molecule has 1 aliphatic carbocycles. The number of allylic oxidation sites excluding steroid dienone is 4. The zero-order valence-corrected chi connectivity index (χ0v) is 8.54. The van der Waals surface area contributed by atoms with Crippen molar-refractivity contribution in [1.29, 1.82) is 0 Å². The highest BCUT2D eigenvalue weighted by atomic mass is 14.0. The molecule has 0 bridgehead atoms. The maximum atomic E-state index is 2.39.